The molecule has 1 aliphatic heterocycles. The van der Waals surface area contributed by atoms with Crippen LogP contribution in [0.25, 0.3) is 0 Å². The number of piperidine rings is 1. The van der Waals surface area contributed by atoms with E-state index < -0.39 is 0 Å². The molecule has 0 saturated carbocycles. The number of nitrogen functional groups attached to an aromatic ring is 1. The number of hydrogen-bond acceptors (Lipinski definition) is 4. The summed E-state index contributed by atoms with van der Waals surface area (Å²) in [6, 6.07) is 1.85. The highest BCUT2D eigenvalue weighted by atomic mass is 16.3. The van der Waals surface area contributed by atoms with E-state index in [1.165, 1.54) is 12.8 Å². The lowest BCUT2D eigenvalue weighted by molar-refractivity contribution is 0.0921. The van der Waals surface area contributed by atoms with Crippen molar-refractivity contribution in [2.45, 2.75) is 33.2 Å². The SMILES string of the molecule is CC(C)C1CCN(Cc2ccoc2C(=O)NN)CC1. The number of carbonyl (C=O) groups is 1. The molecule has 5 heteroatoms. The normalized spacial score (nSPS) is 17.9. The summed E-state index contributed by atoms with van der Waals surface area (Å²) in [5, 5.41) is 0. The number of amides is 1. The second-order valence-corrected chi connectivity index (χ2v) is 5.61. The third kappa shape index (κ3) is 3.36. The molecule has 0 bridgehead atoms. The van der Waals surface area contributed by atoms with Crippen molar-refractivity contribution < 1.29 is 9.21 Å². The fourth-order valence-corrected chi connectivity index (χ4v) is 2.74. The molecule has 0 spiro atoms. The zero-order chi connectivity index (χ0) is 13.8. The van der Waals surface area contributed by atoms with E-state index in [4.69, 9.17) is 10.3 Å². The van der Waals surface area contributed by atoms with E-state index >= 15 is 0 Å². The molecule has 3 N–H and O–H groups in total. The smallest absolute Gasteiger partial charge is 0.301 e. The molecule has 5 nitrogen and oxygen atoms in total. The fraction of sp³-hybridized carbons (Fsp3) is 0.643. The first-order chi connectivity index (χ1) is 9.11. The average molecular weight is 265 g/mol. The van der Waals surface area contributed by atoms with E-state index in [9.17, 15) is 4.79 Å². The van der Waals surface area contributed by atoms with Crippen molar-refractivity contribution in [3.8, 4) is 0 Å². The first-order valence-electron chi connectivity index (χ1n) is 6.91. The van der Waals surface area contributed by atoms with Crippen LogP contribution in [-0.2, 0) is 6.54 Å². The topological polar surface area (TPSA) is 71.5 Å². The molecule has 0 aromatic carbocycles. The van der Waals surface area contributed by atoms with Gasteiger partial charge < -0.3 is 4.42 Å². The van der Waals surface area contributed by atoms with E-state index in [0.717, 1.165) is 37.0 Å². The highest BCUT2D eigenvalue weighted by Crippen LogP contribution is 2.25. The van der Waals surface area contributed by atoms with Gasteiger partial charge in [-0.1, -0.05) is 13.8 Å². The number of nitrogens with zero attached hydrogens (tertiary/aromatic N) is 1. The van der Waals surface area contributed by atoms with E-state index in [-0.39, 0.29) is 5.91 Å². The Hall–Kier alpha value is -1.33. The molecule has 1 amide bonds. The zero-order valence-corrected chi connectivity index (χ0v) is 11.7. The van der Waals surface area contributed by atoms with Crippen LogP contribution in [0.1, 0.15) is 42.8 Å². The number of likely N-dealkylation sites (tertiary alicyclic amines) is 1. The summed E-state index contributed by atoms with van der Waals surface area (Å²) >= 11 is 0. The Balaban J connectivity index is 1.93. The van der Waals surface area contributed by atoms with Crippen molar-refractivity contribution >= 4 is 5.91 Å². The monoisotopic (exact) mass is 265 g/mol. The van der Waals surface area contributed by atoms with Gasteiger partial charge in [-0.05, 0) is 43.8 Å². The molecule has 1 aromatic rings. The molecule has 0 radical (unpaired) electrons. The van der Waals surface area contributed by atoms with E-state index in [1.807, 2.05) is 6.07 Å². The molecule has 1 aromatic heterocycles. The predicted molar refractivity (Wildman–Crippen MR) is 73.2 cm³/mol. The predicted octanol–water partition coefficient (Wildman–Crippen LogP) is 1.75. The third-order valence-electron chi connectivity index (χ3n) is 4.05. The molecule has 1 aliphatic rings. The number of furan rings is 1. The van der Waals surface area contributed by atoms with Gasteiger partial charge in [-0.25, -0.2) is 5.84 Å². The Morgan fingerprint density at radius 3 is 2.79 bits per heavy atom. The highest BCUT2D eigenvalue weighted by Gasteiger charge is 2.23. The Bertz CT molecular complexity index is 420. The van der Waals surface area contributed by atoms with Crippen molar-refractivity contribution in [1.29, 1.82) is 0 Å². The lowest BCUT2D eigenvalue weighted by Gasteiger charge is -2.33. The minimum atomic E-state index is -0.364. The van der Waals surface area contributed by atoms with Crippen LogP contribution in [0.15, 0.2) is 16.7 Å². The largest absolute Gasteiger partial charge is 0.459 e. The number of nitrogens with two attached hydrogens (primary N) is 1. The quantitative estimate of drug-likeness (QED) is 0.494. The summed E-state index contributed by atoms with van der Waals surface area (Å²) < 4.78 is 5.20. The van der Waals surface area contributed by atoms with Gasteiger partial charge in [0, 0.05) is 12.1 Å². The van der Waals surface area contributed by atoms with Crippen LogP contribution in [0.2, 0.25) is 0 Å². The van der Waals surface area contributed by atoms with Crippen molar-refractivity contribution in [3.05, 3.63) is 23.7 Å². The maximum Gasteiger partial charge on any atom is 0.301 e. The average Bonchev–Trinajstić information content (AvgIpc) is 2.86. The van der Waals surface area contributed by atoms with E-state index in [0.29, 0.717) is 5.76 Å². The van der Waals surface area contributed by atoms with Gasteiger partial charge >= 0.3 is 5.91 Å². The van der Waals surface area contributed by atoms with Crippen LogP contribution in [0, 0.1) is 11.8 Å². The molecule has 1 fully saturated rings. The third-order valence-corrected chi connectivity index (χ3v) is 4.05. The van der Waals surface area contributed by atoms with Crippen LogP contribution in [0.4, 0.5) is 0 Å². The van der Waals surface area contributed by atoms with Crippen molar-refractivity contribution in [2.75, 3.05) is 13.1 Å². The summed E-state index contributed by atoms with van der Waals surface area (Å²) in [6.07, 6.45) is 4.00. The first-order valence-corrected chi connectivity index (χ1v) is 6.91. The maximum absolute atomic E-state index is 11.5. The lowest BCUT2D eigenvalue weighted by atomic mass is 9.86. The Kier molecular flexibility index (Phi) is 4.61. The highest BCUT2D eigenvalue weighted by molar-refractivity contribution is 5.92. The number of nitrogens with one attached hydrogen (secondary N) is 1. The van der Waals surface area contributed by atoms with E-state index in [1.54, 1.807) is 6.26 Å². The molecular formula is C14H23N3O2. The van der Waals surface area contributed by atoms with Crippen molar-refractivity contribution in [1.82, 2.24) is 10.3 Å². The van der Waals surface area contributed by atoms with Gasteiger partial charge in [0.2, 0.25) is 0 Å². The van der Waals surface area contributed by atoms with E-state index in [2.05, 4.69) is 24.2 Å². The molecule has 0 aliphatic carbocycles. The van der Waals surface area contributed by atoms with Crippen molar-refractivity contribution in [3.63, 3.8) is 0 Å². The Morgan fingerprint density at radius 2 is 2.21 bits per heavy atom. The van der Waals surface area contributed by atoms with Crippen LogP contribution >= 0.6 is 0 Å². The second kappa shape index (κ2) is 6.21. The summed E-state index contributed by atoms with van der Waals surface area (Å²) in [6.45, 7) is 7.50. The van der Waals surface area contributed by atoms with Gasteiger partial charge in [0.15, 0.2) is 5.76 Å². The van der Waals surface area contributed by atoms with Gasteiger partial charge in [0.25, 0.3) is 0 Å². The summed E-state index contributed by atoms with van der Waals surface area (Å²) in [4.78, 5) is 13.9. The molecule has 2 heterocycles. The molecule has 1 saturated heterocycles. The molecule has 106 valence electrons. The van der Waals surface area contributed by atoms with Gasteiger partial charge in [-0.2, -0.15) is 0 Å². The zero-order valence-electron chi connectivity index (χ0n) is 11.7. The molecular weight excluding hydrogens is 242 g/mol. The maximum atomic E-state index is 11.5. The van der Waals surface area contributed by atoms with Crippen LogP contribution < -0.4 is 11.3 Å². The van der Waals surface area contributed by atoms with Crippen LogP contribution in [0.3, 0.4) is 0 Å². The summed E-state index contributed by atoms with van der Waals surface area (Å²) in [7, 11) is 0. The van der Waals surface area contributed by atoms with Crippen LogP contribution in [0.5, 0.6) is 0 Å². The molecule has 0 unspecified atom stereocenters. The molecule has 2 rings (SSSR count). The van der Waals surface area contributed by atoms with Crippen LogP contribution in [-0.4, -0.2) is 23.9 Å². The molecule has 0 atom stereocenters. The molecule has 19 heavy (non-hydrogen) atoms. The number of hydrazine groups is 1. The lowest BCUT2D eigenvalue weighted by Crippen LogP contribution is -2.35. The second-order valence-electron chi connectivity index (χ2n) is 5.61. The number of carbonyl (C=O) groups excluding carboxylic acids is 1. The Labute approximate surface area is 114 Å². The van der Waals surface area contributed by atoms with Gasteiger partial charge in [-0.3, -0.25) is 15.1 Å². The summed E-state index contributed by atoms with van der Waals surface area (Å²) in [5.41, 5.74) is 3.02. The minimum absolute atomic E-state index is 0.327. The van der Waals surface area contributed by atoms with Gasteiger partial charge in [0.05, 0.1) is 6.26 Å². The summed E-state index contributed by atoms with van der Waals surface area (Å²) in [5.74, 6) is 6.69. The number of rotatable bonds is 4. The van der Waals surface area contributed by atoms with Gasteiger partial charge in [-0.15, -0.1) is 0 Å². The first kappa shape index (κ1) is 14.1. The number of hydrogen-bond donors (Lipinski definition) is 2. The Morgan fingerprint density at radius 1 is 1.53 bits per heavy atom. The van der Waals surface area contributed by atoms with Crippen molar-refractivity contribution in [2.24, 2.45) is 17.7 Å². The van der Waals surface area contributed by atoms with Gasteiger partial charge in [0.1, 0.15) is 0 Å². The fourth-order valence-electron chi connectivity index (χ4n) is 2.74. The minimum Gasteiger partial charge on any atom is -0.459 e. The standard InChI is InChI=1S/C14H23N3O2/c1-10(2)11-3-6-17(7-4-11)9-12-5-8-19-13(12)14(18)16-15/h5,8,10-11H,3-4,6-7,9,15H2,1-2H3,(H,16,18).